The van der Waals surface area contributed by atoms with Crippen LogP contribution in [0.2, 0.25) is 0 Å². The van der Waals surface area contributed by atoms with E-state index < -0.39 is 21.5 Å². The van der Waals surface area contributed by atoms with Crippen LogP contribution in [0, 0.1) is 5.41 Å². The molecule has 3 aliphatic heterocycles. The van der Waals surface area contributed by atoms with Crippen LogP contribution in [0.25, 0.3) is 22.2 Å². The van der Waals surface area contributed by atoms with Gasteiger partial charge < -0.3 is 19.1 Å². The van der Waals surface area contributed by atoms with E-state index in [2.05, 4.69) is 26.3 Å². The number of piperazine rings is 1. The van der Waals surface area contributed by atoms with Gasteiger partial charge in [0.25, 0.3) is 5.91 Å². The Balaban J connectivity index is 1.30. The second-order valence-electron chi connectivity index (χ2n) is 15.0. The molecule has 2 aliphatic carbocycles. The van der Waals surface area contributed by atoms with Crippen LogP contribution in [0.1, 0.15) is 91.6 Å². The van der Waals surface area contributed by atoms with E-state index in [9.17, 15) is 18.0 Å². The fourth-order valence-corrected chi connectivity index (χ4v) is 9.97. The number of ether oxygens (including phenoxy) is 1. The summed E-state index contributed by atoms with van der Waals surface area (Å²) in [5, 5.41) is 1.05. The lowest BCUT2D eigenvalue weighted by Crippen LogP contribution is -2.58. The van der Waals surface area contributed by atoms with Gasteiger partial charge in [0.15, 0.2) is 0 Å². The van der Waals surface area contributed by atoms with E-state index in [4.69, 9.17) is 4.74 Å². The van der Waals surface area contributed by atoms with E-state index in [1.165, 1.54) is 26.1 Å². The Hall–Kier alpha value is -3.90. The molecule has 2 saturated heterocycles. The number of likely N-dealkylation sites (tertiary alicyclic amines) is 1. The molecule has 4 fully saturated rings. The van der Waals surface area contributed by atoms with Crippen molar-refractivity contribution in [2.75, 3.05) is 34.3 Å². The van der Waals surface area contributed by atoms with Crippen LogP contribution in [-0.2, 0) is 26.3 Å². The molecule has 260 valence electrons. The lowest BCUT2D eigenvalue weighted by Gasteiger charge is -2.42. The van der Waals surface area contributed by atoms with Crippen molar-refractivity contribution in [2.45, 2.75) is 88.8 Å². The number of fused-ring (bicyclic) bond motifs is 9. The maximum absolute atomic E-state index is 15.1. The SMILES string of the molecule is COc1ccc2c(c1)C1CC1(C(=O)N1C3CCC1CN(C(C)=O)C3)Cn1c-2c(C2CCCCC2)c2ccc(C(=O)NS(=O)(=O)N(C)C)cc21. The third kappa shape index (κ3) is 5.08. The van der Waals surface area contributed by atoms with Crippen molar-refractivity contribution in [3.05, 3.63) is 53.1 Å². The van der Waals surface area contributed by atoms with E-state index in [-0.39, 0.29) is 35.4 Å². The third-order valence-electron chi connectivity index (χ3n) is 12.1. The molecule has 12 heteroatoms. The zero-order chi connectivity index (χ0) is 34.4. The van der Waals surface area contributed by atoms with Gasteiger partial charge in [-0.05, 0) is 79.5 Å². The van der Waals surface area contributed by atoms with Gasteiger partial charge in [0.05, 0.1) is 18.2 Å². The summed E-state index contributed by atoms with van der Waals surface area (Å²) >= 11 is 0. The summed E-state index contributed by atoms with van der Waals surface area (Å²) in [5.74, 6) is 0.598. The Bertz CT molecular complexity index is 1980. The van der Waals surface area contributed by atoms with Crippen LogP contribution in [0.4, 0.5) is 0 Å². The van der Waals surface area contributed by atoms with E-state index >= 15 is 4.79 Å². The first-order valence-corrected chi connectivity index (χ1v) is 19.0. The van der Waals surface area contributed by atoms with Gasteiger partial charge in [0.1, 0.15) is 5.75 Å². The molecular formula is C37H45N5O6S. The highest BCUT2D eigenvalue weighted by molar-refractivity contribution is 7.87. The van der Waals surface area contributed by atoms with Gasteiger partial charge >= 0.3 is 10.2 Å². The molecule has 8 rings (SSSR count). The fraction of sp³-hybridized carbons (Fsp3) is 0.541. The first-order valence-electron chi connectivity index (χ1n) is 17.6. The number of hydrogen-bond donors (Lipinski definition) is 1. The number of nitrogens with zero attached hydrogens (tertiary/aromatic N) is 4. The van der Waals surface area contributed by atoms with Crippen molar-refractivity contribution in [3.63, 3.8) is 0 Å². The van der Waals surface area contributed by atoms with Gasteiger partial charge in [-0.2, -0.15) is 12.7 Å². The smallest absolute Gasteiger partial charge is 0.303 e. The number of nitrogens with one attached hydrogen (secondary N) is 1. The monoisotopic (exact) mass is 687 g/mol. The number of amides is 3. The number of carbonyl (C=O) groups excluding carboxylic acids is 3. The molecule has 4 atom stereocenters. The number of hydrogen-bond acceptors (Lipinski definition) is 6. The van der Waals surface area contributed by atoms with E-state index in [1.54, 1.807) is 20.1 Å². The summed E-state index contributed by atoms with van der Waals surface area (Å²) in [5.41, 5.74) is 4.98. The maximum Gasteiger partial charge on any atom is 0.303 e. The molecule has 5 aliphatic rings. The van der Waals surface area contributed by atoms with Crippen molar-refractivity contribution >= 4 is 38.8 Å². The van der Waals surface area contributed by atoms with Gasteiger partial charge in [0.2, 0.25) is 11.8 Å². The van der Waals surface area contributed by atoms with E-state index in [0.717, 1.165) is 76.3 Å². The normalized spacial score (nSPS) is 26.2. The van der Waals surface area contributed by atoms with Gasteiger partial charge in [-0.15, -0.1) is 0 Å². The van der Waals surface area contributed by atoms with Crippen molar-refractivity contribution in [2.24, 2.45) is 5.41 Å². The van der Waals surface area contributed by atoms with E-state index in [1.807, 2.05) is 23.1 Å². The van der Waals surface area contributed by atoms with Crippen molar-refractivity contribution < 1.29 is 27.5 Å². The summed E-state index contributed by atoms with van der Waals surface area (Å²) in [6, 6.07) is 11.8. The lowest BCUT2D eigenvalue weighted by atomic mass is 9.81. The minimum Gasteiger partial charge on any atom is -0.497 e. The first kappa shape index (κ1) is 32.3. The first-order chi connectivity index (χ1) is 23.4. The number of rotatable bonds is 6. The molecule has 1 aromatic heterocycles. The van der Waals surface area contributed by atoms with Gasteiger partial charge in [0, 0.05) is 80.7 Å². The molecule has 2 bridgehead atoms. The molecule has 3 amide bonds. The standard InChI is InChI=1S/C37H45N5O6S/c1-22(43)40-19-25-11-12-26(20-40)42(25)36(45)37-18-31(37)30-17-27(48-4)13-15-28(30)34-33(23-8-6-5-7-9-23)29-14-10-24(16-32(29)41(34)21-37)35(44)38-49(46,47)39(2)3/h10,13-17,23,25-26,31H,5-9,11-12,18-21H2,1-4H3,(H,38,44). The second-order valence-corrected chi connectivity index (χ2v) is 16.9. The Morgan fingerprint density at radius 2 is 1.67 bits per heavy atom. The summed E-state index contributed by atoms with van der Waals surface area (Å²) < 4.78 is 36.4. The Morgan fingerprint density at radius 3 is 2.33 bits per heavy atom. The average Bonchev–Trinajstić information content (AvgIpc) is 3.68. The predicted octanol–water partition coefficient (Wildman–Crippen LogP) is 4.61. The Kier molecular flexibility index (Phi) is 7.64. The van der Waals surface area contributed by atoms with Crippen LogP contribution in [0.3, 0.4) is 0 Å². The van der Waals surface area contributed by atoms with Crippen molar-refractivity contribution in [3.8, 4) is 17.0 Å². The Labute approximate surface area is 287 Å². The highest BCUT2D eigenvalue weighted by Crippen LogP contribution is 2.66. The predicted molar refractivity (Wildman–Crippen MR) is 186 cm³/mol. The molecule has 4 heterocycles. The second kappa shape index (κ2) is 11.6. The highest BCUT2D eigenvalue weighted by Gasteiger charge is 2.65. The zero-order valence-electron chi connectivity index (χ0n) is 28.7. The fourth-order valence-electron chi connectivity index (χ4n) is 9.44. The number of carbonyl (C=O) groups is 3. The van der Waals surface area contributed by atoms with Crippen LogP contribution < -0.4 is 9.46 Å². The van der Waals surface area contributed by atoms with Gasteiger partial charge in [-0.1, -0.05) is 25.3 Å². The maximum atomic E-state index is 15.1. The van der Waals surface area contributed by atoms with Crippen LogP contribution in [-0.4, -0.2) is 91.2 Å². The molecule has 0 spiro atoms. The molecule has 2 aromatic carbocycles. The largest absolute Gasteiger partial charge is 0.497 e. The molecule has 49 heavy (non-hydrogen) atoms. The number of methoxy groups -OCH3 is 1. The number of aromatic nitrogens is 1. The number of benzene rings is 2. The third-order valence-corrected chi connectivity index (χ3v) is 13.5. The van der Waals surface area contributed by atoms with Gasteiger partial charge in [-0.3, -0.25) is 14.4 Å². The molecular weight excluding hydrogens is 643 g/mol. The van der Waals surface area contributed by atoms with Crippen molar-refractivity contribution in [1.82, 2.24) is 23.4 Å². The Morgan fingerprint density at radius 1 is 0.959 bits per heavy atom. The average molecular weight is 688 g/mol. The molecule has 0 radical (unpaired) electrons. The quantitative estimate of drug-likeness (QED) is 0.404. The summed E-state index contributed by atoms with van der Waals surface area (Å²) in [6.45, 7) is 3.20. The van der Waals surface area contributed by atoms with Crippen LogP contribution >= 0.6 is 0 Å². The van der Waals surface area contributed by atoms with E-state index in [0.29, 0.717) is 32.0 Å². The molecule has 1 N–H and O–H groups in total. The summed E-state index contributed by atoms with van der Waals surface area (Å²) in [6.07, 6.45) is 8.13. The van der Waals surface area contributed by atoms with Gasteiger partial charge in [-0.25, -0.2) is 4.72 Å². The van der Waals surface area contributed by atoms with Crippen LogP contribution in [0.5, 0.6) is 5.75 Å². The summed E-state index contributed by atoms with van der Waals surface area (Å²) in [4.78, 5) is 44.8. The minimum atomic E-state index is -3.99. The molecule has 2 saturated carbocycles. The summed E-state index contributed by atoms with van der Waals surface area (Å²) in [7, 11) is 0.437. The zero-order valence-corrected chi connectivity index (χ0v) is 29.5. The van der Waals surface area contributed by atoms with Crippen LogP contribution in [0.15, 0.2) is 36.4 Å². The molecule has 3 aromatic rings. The molecule has 4 unspecified atom stereocenters. The topological polar surface area (TPSA) is 121 Å². The minimum absolute atomic E-state index is 0.00112. The van der Waals surface area contributed by atoms with Crippen molar-refractivity contribution in [1.29, 1.82) is 0 Å². The highest BCUT2D eigenvalue weighted by atomic mass is 32.2. The molecule has 11 nitrogen and oxygen atoms in total. The lowest BCUT2D eigenvalue weighted by molar-refractivity contribution is -0.147.